The van der Waals surface area contributed by atoms with Crippen LogP contribution in [0, 0.1) is 0 Å². The molecule has 0 radical (unpaired) electrons. The van der Waals surface area contributed by atoms with Gasteiger partial charge in [0.25, 0.3) is 0 Å². The molecule has 5 nitrogen and oxygen atoms in total. The van der Waals surface area contributed by atoms with E-state index >= 15 is 0 Å². The van der Waals surface area contributed by atoms with Gasteiger partial charge in [0, 0.05) is 25.2 Å². The zero-order chi connectivity index (χ0) is 15.4. The molecule has 0 unspecified atom stereocenters. The van der Waals surface area contributed by atoms with Crippen molar-refractivity contribution in [2.45, 2.75) is 32.1 Å². The smallest absolute Gasteiger partial charge is 0.165 e. The first-order valence-electron chi connectivity index (χ1n) is 7.41. The highest BCUT2D eigenvalue weighted by molar-refractivity contribution is 5.48. The molecule has 118 valence electrons. The maximum atomic E-state index is 6.06. The lowest BCUT2D eigenvalue weighted by atomic mass is 10.0. The Hall–Kier alpha value is -1.30. The molecule has 1 saturated heterocycles. The fourth-order valence-corrected chi connectivity index (χ4v) is 3.12. The van der Waals surface area contributed by atoms with E-state index in [2.05, 4.69) is 24.8 Å². The van der Waals surface area contributed by atoms with Crippen molar-refractivity contribution >= 4 is 0 Å². The summed E-state index contributed by atoms with van der Waals surface area (Å²) in [7, 11) is 3.32. The molecule has 1 aliphatic rings. The van der Waals surface area contributed by atoms with Gasteiger partial charge in [-0.2, -0.15) is 0 Å². The van der Waals surface area contributed by atoms with Gasteiger partial charge in [-0.25, -0.2) is 0 Å². The number of nitrogens with zero attached hydrogens (tertiary/aromatic N) is 1. The Morgan fingerprint density at radius 2 is 1.90 bits per heavy atom. The quantitative estimate of drug-likeness (QED) is 0.897. The minimum Gasteiger partial charge on any atom is -0.493 e. The summed E-state index contributed by atoms with van der Waals surface area (Å²) in [5, 5.41) is 0. The molecule has 1 aliphatic heterocycles. The summed E-state index contributed by atoms with van der Waals surface area (Å²) in [5.41, 5.74) is 7.13. The zero-order valence-corrected chi connectivity index (χ0v) is 13.3. The number of rotatable bonds is 5. The van der Waals surface area contributed by atoms with Crippen molar-refractivity contribution in [3.63, 3.8) is 0 Å². The monoisotopic (exact) mass is 294 g/mol. The molecule has 0 aliphatic carbocycles. The molecule has 0 spiro atoms. The molecule has 0 bridgehead atoms. The van der Waals surface area contributed by atoms with Gasteiger partial charge in [0.05, 0.1) is 32.5 Å². The summed E-state index contributed by atoms with van der Waals surface area (Å²) < 4.78 is 16.8. The molecule has 0 amide bonds. The molecule has 5 heteroatoms. The normalized spacial score (nSPS) is 24.6. The van der Waals surface area contributed by atoms with E-state index in [0.29, 0.717) is 6.54 Å². The van der Waals surface area contributed by atoms with Gasteiger partial charge < -0.3 is 19.9 Å². The van der Waals surface area contributed by atoms with Crippen LogP contribution >= 0.6 is 0 Å². The Bertz CT molecular complexity index is 457. The van der Waals surface area contributed by atoms with Gasteiger partial charge in [-0.3, -0.25) is 4.90 Å². The maximum absolute atomic E-state index is 6.06. The summed E-state index contributed by atoms with van der Waals surface area (Å²) in [6.45, 7) is 6.46. The Kier molecular flexibility index (Phi) is 5.45. The molecule has 3 atom stereocenters. The molecular weight excluding hydrogens is 268 g/mol. The predicted octanol–water partition coefficient (Wildman–Crippen LogP) is 1.81. The van der Waals surface area contributed by atoms with Crippen LogP contribution in [0.5, 0.6) is 11.5 Å². The van der Waals surface area contributed by atoms with E-state index in [-0.39, 0.29) is 18.2 Å². The summed E-state index contributed by atoms with van der Waals surface area (Å²) >= 11 is 0. The minimum atomic E-state index is 0.101. The SMILES string of the molecule is COc1cccc([C@@H](CN)N2C[C@@H](C)O[C@@H](C)C2)c1OC. The molecule has 2 rings (SSSR count). The predicted molar refractivity (Wildman–Crippen MR) is 82.9 cm³/mol. The molecule has 1 aromatic carbocycles. The van der Waals surface area contributed by atoms with Crippen LogP contribution in [0.1, 0.15) is 25.5 Å². The van der Waals surface area contributed by atoms with E-state index in [1.54, 1.807) is 14.2 Å². The highest BCUT2D eigenvalue weighted by Gasteiger charge is 2.30. The molecule has 0 saturated carbocycles. The van der Waals surface area contributed by atoms with Gasteiger partial charge in [0.2, 0.25) is 0 Å². The second kappa shape index (κ2) is 7.11. The van der Waals surface area contributed by atoms with E-state index in [4.69, 9.17) is 19.9 Å². The number of hydrogen-bond donors (Lipinski definition) is 1. The van der Waals surface area contributed by atoms with Crippen molar-refractivity contribution in [2.75, 3.05) is 33.9 Å². The number of methoxy groups -OCH3 is 2. The van der Waals surface area contributed by atoms with Crippen molar-refractivity contribution in [3.05, 3.63) is 23.8 Å². The lowest BCUT2D eigenvalue weighted by Crippen LogP contribution is -2.48. The van der Waals surface area contributed by atoms with Crippen molar-refractivity contribution in [3.8, 4) is 11.5 Å². The Morgan fingerprint density at radius 3 is 2.43 bits per heavy atom. The van der Waals surface area contributed by atoms with Crippen molar-refractivity contribution in [2.24, 2.45) is 5.73 Å². The van der Waals surface area contributed by atoms with E-state index in [1.165, 1.54) is 0 Å². The molecular formula is C16H26N2O3. The number of morpholine rings is 1. The second-order valence-electron chi connectivity index (χ2n) is 5.55. The number of ether oxygens (including phenoxy) is 3. The fourth-order valence-electron chi connectivity index (χ4n) is 3.12. The molecule has 2 N–H and O–H groups in total. The summed E-state index contributed by atoms with van der Waals surface area (Å²) in [6, 6.07) is 6.04. The van der Waals surface area contributed by atoms with Crippen molar-refractivity contribution < 1.29 is 14.2 Å². The zero-order valence-electron chi connectivity index (χ0n) is 13.3. The van der Waals surface area contributed by atoms with E-state index < -0.39 is 0 Å². The van der Waals surface area contributed by atoms with Crippen LogP contribution in [0.3, 0.4) is 0 Å². The number of hydrogen-bond acceptors (Lipinski definition) is 5. The van der Waals surface area contributed by atoms with Crippen LogP contribution in [0.4, 0.5) is 0 Å². The summed E-state index contributed by atoms with van der Waals surface area (Å²) in [4.78, 5) is 2.37. The largest absolute Gasteiger partial charge is 0.493 e. The van der Waals surface area contributed by atoms with Crippen molar-refractivity contribution in [1.29, 1.82) is 0 Å². The second-order valence-corrected chi connectivity index (χ2v) is 5.55. The third-order valence-corrected chi connectivity index (χ3v) is 3.90. The van der Waals surface area contributed by atoms with Gasteiger partial charge in [0.15, 0.2) is 11.5 Å². The van der Waals surface area contributed by atoms with Gasteiger partial charge in [0.1, 0.15) is 0 Å². The molecule has 1 fully saturated rings. The van der Waals surface area contributed by atoms with E-state index in [0.717, 1.165) is 30.2 Å². The van der Waals surface area contributed by atoms with Crippen molar-refractivity contribution in [1.82, 2.24) is 4.90 Å². The average molecular weight is 294 g/mol. The third kappa shape index (κ3) is 3.48. The van der Waals surface area contributed by atoms with Gasteiger partial charge in [-0.1, -0.05) is 12.1 Å². The average Bonchev–Trinajstić information content (AvgIpc) is 2.46. The minimum absolute atomic E-state index is 0.101. The molecule has 1 aromatic rings. The van der Waals surface area contributed by atoms with Gasteiger partial charge in [-0.05, 0) is 19.9 Å². The summed E-state index contributed by atoms with van der Waals surface area (Å²) in [6.07, 6.45) is 0.416. The van der Waals surface area contributed by atoms with Crippen LogP contribution in [0.15, 0.2) is 18.2 Å². The van der Waals surface area contributed by atoms with Crippen LogP contribution in [0.2, 0.25) is 0 Å². The number of nitrogens with two attached hydrogens (primary N) is 1. The Labute approximate surface area is 127 Å². The van der Waals surface area contributed by atoms with Crippen LogP contribution in [0.25, 0.3) is 0 Å². The van der Waals surface area contributed by atoms with E-state index in [1.807, 2.05) is 12.1 Å². The van der Waals surface area contributed by atoms with Gasteiger partial charge in [-0.15, -0.1) is 0 Å². The first-order chi connectivity index (χ1) is 10.1. The number of benzene rings is 1. The lowest BCUT2D eigenvalue weighted by molar-refractivity contribution is -0.0801. The number of para-hydroxylation sites is 1. The lowest BCUT2D eigenvalue weighted by Gasteiger charge is -2.40. The van der Waals surface area contributed by atoms with Crippen LogP contribution < -0.4 is 15.2 Å². The van der Waals surface area contributed by atoms with Crippen LogP contribution in [-0.4, -0.2) is 51.0 Å². The van der Waals surface area contributed by atoms with E-state index in [9.17, 15) is 0 Å². The summed E-state index contributed by atoms with van der Waals surface area (Å²) in [5.74, 6) is 1.50. The maximum Gasteiger partial charge on any atom is 0.165 e. The standard InChI is InChI=1S/C16H26N2O3/c1-11-9-18(10-12(2)21-11)14(8-17)13-6-5-7-15(19-3)16(13)20-4/h5-7,11-12,14H,8-10,17H2,1-4H3/t11-,12+,14-/m1/s1. The highest BCUT2D eigenvalue weighted by atomic mass is 16.5. The Morgan fingerprint density at radius 1 is 1.24 bits per heavy atom. The Balaban J connectivity index is 2.32. The highest BCUT2D eigenvalue weighted by Crippen LogP contribution is 2.37. The van der Waals surface area contributed by atoms with Crippen LogP contribution in [-0.2, 0) is 4.74 Å². The fraction of sp³-hybridized carbons (Fsp3) is 0.625. The third-order valence-electron chi connectivity index (χ3n) is 3.90. The molecule has 0 aromatic heterocycles. The topological polar surface area (TPSA) is 57.0 Å². The molecule has 21 heavy (non-hydrogen) atoms. The first-order valence-corrected chi connectivity index (χ1v) is 7.41. The first kappa shape index (κ1) is 16.1. The molecule has 1 heterocycles. The van der Waals surface area contributed by atoms with Gasteiger partial charge >= 0.3 is 0 Å².